The molecule has 0 fully saturated rings. The van der Waals surface area contributed by atoms with E-state index in [2.05, 4.69) is 0 Å². The van der Waals surface area contributed by atoms with Gasteiger partial charge in [-0.05, 0) is 29.7 Å². The quantitative estimate of drug-likeness (QED) is 0.790. The number of carbonyl (C=O) groups excluding carboxylic acids is 2. The number of fused-ring (bicyclic) bond motifs is 2. The molecule has 0 heterocycles. The molecule has 88 valence electrons. The van der Waals surface area contributed by atoms with Gasteiger partial charge in [-0.2, -0.15) is 0 Å². The number of aromatic hydroxyl groups is 1. The van der Waals surface area contributed by atoms with Crippen molar-refractivity contribution in [1.29, 1.82) is 0 Å². The average molecular weight is 259 g/mol. The van der Waals surface area contributed by atoms with Gasteiger partial charge >= 0.3 is 0 Å². The van der Waals surface area contributed by atoms with Crippen LogP contribution in [0.25, 0.3) is 10.8 Å². The number of carbonyl (C=O) groups is 2. The number of allylic oxidation sites excluding steroid dienone is 2. The first-order valence-corrected chi connectivity index (χ1v) is 5.68. The number of phenolic OH excluding ortho intramolecular Hbond substituents is 1. The van der Waals surface area contributed by atoms with Crippen LogP contribution < -0.4 is 0 Å². The van der Waals surface area contributed by atoms with Crippen molar-refractivity contribution in [1.82, 2.24) is 0 Å². The van der Waals surface area contributed by atoms with Crippen LogP contribution in [0, 0.1) is 0 Å². The molecule has 18 heavy (non-hydrogen) atoms. The van der Waals surface area contributed by atoms with Crippen molar-refractivity contribution in [3.05, 3.63) is 52.6 Å². The Morgan fingerprint density at radius 1 is 1.06 bits per heavy atom. The number of ketones is 2. The normalized spacial score (nSPS) is 14.1. The van der Waals surface area contributed by atoms with Crippen molar-refractivity contribution >= 4 is 33.9 Å². The molecule has 2 aromatic carbocycles. The summed E-state index contributed by atoms with van der Waals surface area (Å²) >= 11 is 6.01. The Bertz CT molecular complexity index is 744. The Labute approximate surface area is 107 Å². The molecule has 1 N–H and O–H groups in total. The molecule has 0 saturated heterocycles. The molecule has 0 unspecified atom stereocenters. The van der Waals surface area contributed by atoms with Crippen LogP contribution in [-0.4, -0.2) is 16.7 Å². The number of rotatable bonds is 0. The van der Waals surface area contributed by atoms with E-state index in [9.17, 15) is 14.7 Å². The summed E-state index contributed by atoms with van der Waals surface area (Å²) in [5.41, 5.74) is 0.248. The van der Waals surface area contributed by atoms with Gasteiger partial charge in [0.25, 0.3) is 0 Å². The van der Waals surface area contributed by atoms with E-state index >= 15 is 0 Å². The molecule has 1 aliphatic carbocycles. The van der Waals surface area contributed by atoms with Crippen LogP contribution in [0.15, 0.2) is 36.4 Å². The highest BCUT2D eigenvalue weighted by Gasteiger charge is 2.25. The van der Waals surface area contributed by atoms with Crippen molar-refractivity contribution < 1.29 is 14.7 Å². The highest BCUT2D eigenvalue weighted by atomic mass is 35.5. The second kappa shape index (κ2) is 3.68. The molecule has 3 rings (SSSR count). The third-order valence-corrected chi connectivity index (χ3v) is 3.30. The van der Waals surface area contributed by atoms with Gasteiger partial charge in [0.05, 0.1) is 10.6 Å². The molecule has 4 heteroatoms. The molecular formula is C14H7ClO3. The van der Waals surface area contributed by atoms with Crippen LogP contribution in [-0.2, 0) is 0 Å². The fourth-order valence-corrected chi connectivity index (χ4v) is 2.43. The largest absolute Gasteiger partial charge is 0.506 e. The van der Waals surface area contributed by atoms with E-state index in [0.29, 0.717) is 15.8 Å². The third-order valence-electron chi connectivity index (χ3n) is 2.99. The van der Waals surface area contributed by atoms with Crippen molar-refractivity contribution in [3.63, 3.8) is 0 Å². The Morgan fingerprint density at radius 2 is 1.78 bits per heavy atom. The Morgan fingerprint density at radius 3 is 2.56 bits per heavy atom. The molecule has 1 aliphatic rings. The van der Waals surface area contributed by atoms with Gasteiger partial charge in [0.1, 0.15) is 5.75 Å². The zero-order valence-electron chi connectivity index (χ0n) is 9.11. The predicted octanol–water partition coefficient (Wildman–Crippen LogP) is 3.13. The van der Waals surface area contributed by atoms with Gasteiger partial charge in [0.2, 0.25) is 0 Å². The van der Waals surface area contributed by atoms with E-state index in [1.54, 1.807) is 24.3 Å². The summed E-state index contributed by atoms with van der Waals surface area (Å²) in [6.07, 6.45) is 2.37. The standard InChI is InChI=1S/C14H7ClO3/c15-9-3-1-2-7-6-8-10(16)4-5-11(17)13(8)14(18)12(7)9/h1-6,18H. The minimum atomic E-state index is -0.385. The first-order chi connectivity index (χ1) is 8.59. The van der Waals surface area contributed by atoms with Crippen molar-refractivity contribution in [2.24, 2.45) is 0 Å². The topological polar surface area (TPSA) is 54.4 Å². The SMILES string of the molecule is O=C1C=CC(=O)c2c1cc1cccc(Cl)c1c2O. The lowest BCUT2D eigenvalue weighted by Gasteiger charge is -2.14. The van der Waals surface area contributed by atoms with Crippen LogP contribution in [0.1, 0.15) is 20.7 Å². The summed E-state index contributed by atoms with van der Waals surface area (Å²) in [4.78, 5) is 23.5. The van der Waals surface area contributed by atoms with Crippen LogP contribution in [0.4, 0.5) is 0 Å². The van der Waals surface area contributed by atoms with Crippen molar-refractivity contribution in [2.45, 2.75) is 0 Å². The molecule has 3 nitrogen and oxygen atoms in total. The van der Waals surface area contributed by atoms with Crippen LogP contribution in [0.3, 0.4) is 0 Å². The summed E-state index contributed by atoms with van der Waals surface area (Å²) in [6.45, 7) is 0. The molecule has 2 aromatic rings. The van der Waals surface area contributed by atoms with E-state index < -0.39 is 0 Å². The van der Waals surface area contributed by atoms with E-state index in [1.807, 2.05) is 0 Å². The maximum atomic E-state index is 11.8. The van der Waals surface area contributed by atoms with Gasteiger partial charge in [0.15, 0.2) is 11.6 Å². The summed E-state index contributed by atoms with van der Waals surface area (Å²) in [6, 6.07) is 6.67. The average Bonchev–Trinajstić information content (AvgIpc) is 2.34. The zero-order valence-corrected chi connectivity index (χ0v) is 9.86. The van der Waals surface area contributed by atoms with Crippen molar-refractivity contribution in [2.75, 3.05) is 0 Å². The van der Waals surface area contributed by atoms with Gasteiger partial charge in [-0.15, -0.1) is 0 Å². The third kappa shape index (κ3) is 1.38. The molecule has 0 atom stereocenters. The Hall–Kier alpha value is -2.13. The highest BCUT2D eigenvalue weighted by Crippen LogP contribution is 2.38. The predicted molar refractivity (Wildman–Crippen MR) is 68.4 cm³/mol. The maximum absolute atomic E-state index is 11.8. The monoisotopic (exact) mass is 258 g/mol. The van der Waals surface area contributed by atoms with Crippen molar-refractivity contribution in [3.8, 4) is 5.75 Å². The maximum Gasteiger partial charge on any atom is 0.190 e. The number of hydrogen-bond acceptors (Lipinski definition) is 3. The first kappa shape index (κ1) is 11.0. The summed E-state index contributed by atoms with van der Waals surface area (Å²) in [5, 5.41) is 11.6. The van der Waals surface area contributed by atoms with Gasteiger partial charge in [-0.3, -0.25) is 9.59 Å². The fourth-order valence-electron chi connectivity index (χ4n) is 2.16. The highest BCUT2D eigenvalue weighted by molar-refractivity contribution is 6.37. The second-order valence-electron chi connectivity index (χ2n) is 4.05. The summed E-state index contributed by atoms with van der Waals surface area (Å²) < 4.78 is 0. The number of halogens is 1. The molecule has 0 aromatic heterocycles. The van der Waals surface area contributed by atoms with Gasteiger partial charge in [-0.25, -0.2) is 0 Å². The van der Waals surface area contributed by atoms with Crippen LogP contribution in [0.2, 0.25) is 5.02 Å². The molecule has 0 spiro atoms. The minimum Gasteiger partial charge on any atom is -0.506 e. The summed E-state index contributed by atoms with van der Waals surface area (Å²) in [5.74, 6) is -0.901. The Balaban J connectivity index is 2.51. The molecule has 0 amide bonds. The second-order valence-corrected chi connectivity index (χ2v) is 4.45. The first-order valence-electron chi connectivity index (χ1n) is 5.30. The molecule has 0 aliphatic heterocycles. The van der Waals surface area contributed by atoms with Gasteiger partial charge in [-0.1, -0.05) is 23.7 Å². The van der Waals surface area contributed by atoms with Crippen LogP contribution >= 0.6 is 11.6 Å². The van der Waals surface area contributed by atoms with E-state index in [4.69, 9.17) is 11.6 Å². The Kier molecular flexibility index (Phi) is 2.25. The van der Waals surface area contributed by atoms with Gasteiger partial charge in [0, 0.05) is 10.9 Å². The molecule has 0 saturated carbocycles. The minimum absolute atomic E-state index is 0.0306. The summed E-state index contributed by atoms with van der Waals surface area (Å²) in [7, 11) is 0. The smallest absolute Gasteiger partial charge is 0.190 e. The number of benzene rings is 2. The van der Waals surface area contributed by atoms with E-state index in [1.165, 1.54) is 6.08 Å². The fraction of sp³-hybridized carbons (Fsp3) is 0. The number of hydrogen-bond donors (Lipinski definition) is 1. The van der Waals surface area contributed by atoms with E-state index in [-0.39, 0.29) is 28.4 Å². The lowest BCUT2D eigenvalue weighted by atomic mass is 9.90. The van der Waals surface area contributed by atoms with Crippen LogP contribution in [0.5, 0.6) is 5.75 Å². The number of phenols is 1. The molecule has 0 radical (unpaired) electrons. The zero-order chi connectivity index (χ0) is 12.9. The van der Waals surface area contributed by atoms with E-state index in [0.717, 1.165) is 6.08 Å². The lowest BCUT2D eigenvalue weighted by molar-refractivity contribution is 0.0992. The molecule has 0 bridgehead atoms. The van der Waals surface area contributed by atoms with Gasteiger partial charge < -0.3 is 5.11 Å². The molecular weight excluding hydrogens is 252 g/mol. The lowest BCUT2D eigenvalue weighted by Crippen LogP contribution is -2.11.